The molecular formula is C11H20S. The molecule has 0 fully saturated rings. The Kier molecular flexibility index (Phi) is 6.27. The van der Waals surface area contributed by atoms with Crippen molar-refractivity contribution >= 4 is 12.6 Å². The molecule has 0 radical (unpaired) electrons. The van der Waals surface area contributed by atoms with E-state index in [-0.39, 0.29) is 0 Å². The Bertz CT molecular complexity index is 164. The number of rotatable bonds is 4. The van der Waals surface area contributed by atoms with Gasteiger partial charge in [0.05, 0.1) is 0 Å². The van der Waals surface area contributed by atoms with Crippen LogP contribution in [-0.4, -0.2) is 0 Å². The van der Waals surface area contributed by atoms with Gasteiger partial charge in [-0.25, -0.2) is 0 Å². The number of allylic oxidation sites excluding steroid dienone is 3. The van der Waals surface area contributed by atoms with E-state index in [2.05, 4.69) is 52.5 Å². The van der Waals surface area contributed by atoms with E-state index in [0.29, 0.717) is 5.92 Å². The summed E-state index contributed by atoms with van der Waals surface area (Å²) in [5.41, 5.74) is 1.30. The van der Waals surface area contributed by atoms with Crippen molar-refractivity contribution in [3.63, 3.8) is 0 Å². The lowest BCUT2D eigenvalue weighted by Crippen LogP contribution is -1.89. The van der Waals surface area contributed by atoms with Gasteiger partial charge in [-0.05, 0) is 29.2 Å². The molecule has 0 nitrogen and oxygen atoms in total. The topological polar surface area (TPSA) is 0 Å². The van der Waals surface area contributed by atoms with Crippen LogP contribution >= 0.6 is 12.6 Å². The molecule has 0 saturated heterocycles. The van der Waals surface area contributed by atoms with E-state index < -0.39 is 0 Å². The molecular weight excluding hydrogens is 164 g/mol. The van der Waals surface area contributed by atoms with Gasteiger partial charge in [0.2, 0.25) is 0 Å². The van der Waals surface area contributed by atoms with E-state index in [0.717, 1.165) is 12.3 Å². The van der Waals surface area contributed by atoms with Crippen LogP contribution in [-0.2, 0) is 0 Å². The first kappa shape index (κ1) is 11.8. The second kappa shape index (κ2) is 6.36. The Hall–Kier alpha value is -0.170. The highest BCUT2D eigenvalue weighted by molar-refractivity contribution is 7.83. The molecule has 0 aromatic heterocycles. The van der Waals surface area contributed by atoms with Gasteiger partial charge in [-0.15, -0.1) is 0 Å². The summed E-state index contributed by atoms with van der Waals surface area (Å²) in [6.45, 7) is 8.82. The van der Waals surface area contributed by atoms with Crippen molar-refractivity contribution in [1.29, 1.82) is 0 Å². The predicted molar refractivity (Wildman–Crippen MR) is 60.5 cm³/mol. The van der Waals surface area contributed by atoms with E-state index in [4.69, 9.17) is 0 Å². The lowest BCUT2D eigenvalue weighted by Gasteiger charge is -2.04. The summed E-state index contributed by atoms with van der Waals surface area (Å²) < 4.78 is 0. The molecule has 0 atom stereocenters. The highest BCUT2D eigenvalue weighted by Crippen LogP contribution is 2.13. The smallest absolute Gasteiger partial charge is 0.0214 e. The maximum atomic E-state index is 4.17. The van der Waals surface area contributed by atoms with Crippen LogP contribution in [0.2, 0.25) is 0 Å². The molecule has 0 aromatic rings. The van der Waals surface area contributed by atoms with Gasteiger partial charge in [0, 0.05) is 0 Å². The summed E-state index contributed by atoms with van der Waals surface area (Å²) >= 11 is 4.17. The Morgan fingerprint density at radius 2 is 1.83 bits per heavy atom. The van der Waals surface area contributed by atoms with Crippen molar-refractivity contribution < 1.29 is 0 Å². The van der Waals surface area contributed by atoms with Crippen LogP contribution in [0.25, 0.3) is 0 Å². The summed E-state index contributed by atoms with van der Waals surface area (Å²) in [5, 5.41) is 1.89. The number of thiol groups is 1. The zero-order chi connectivity index (χ0) is 9.56. The largest absolute Gasteiger partial charge is 0.151 e. The van der Waals surface area contributed by atoms with Gasteiger partial charge >= 0.3 is 0 Å². The highest BCUT2D eigenvalue weighted by Gasteiger charge is 1.96. The predicted octanol–water partition coefficient (Wildman–Crippen LogP) is 4.06. The minimum atomic E-state index is 0.575. The van der Waals surface area contributed by atoms with E-state index in [9.17, 15) is 0 Å². The van der Waals surface area contributed by atoms with Crippen molar-refractivity contribution in [2.24, 2.45) is 11.8 Å². The van der Waals surface area contributed by atoms with Crippen LogP contribution in [0.4, 0.5) is 0 Å². The number of hydrogen-bond acceptors (Lipinski definition) is 1. The molecule has 1 heteroatoms. The third-order valence-corrected chi connectivity index (χ3v) is 2.03. The van der Waals surface area contributed by atoms with Gasteiger partial charge in [0.25, 0.3) is 0 Å². The number of hydrogen-bond donors (Lipinski definition) is 1. The summed E-state index contributed by atoms with van der Waals surface area (Å²) in [7, 11) is 0. The monoisotopic (exact) mass is 184 g/mol. The first-order chi connectivity index (χ1) is 5.57. The summed E-state index contributed by atoms with van der Waals surface area (Å²) in [4.78, 5) is 0. The molecule has 0 aliphatic carbocycles. The molecule has 0 bridgehead atoms. The van der Waals surface area contributed by atoms with E-state index in [1.165, 1.54) is 5.57 Å². The van der Waals surface area contributed by atoms with Gasteiger partial charge in [-0.2, -0.15) is 12.6 Å². The molecule has 0 aromatic carbocycles. The van der Waals surface area contributed by atoms with Gasteiger partial charge in [0.1, 0.15) is 0 Å². The summed E-state index contributed by atoms with van der Waals surface area (Å²) in [6, 6.07) is 0. The van der Waals surface area contributed by atoms with E-state index in [1.807, 2.05) is 5.41 Å². The standard InChI is InChI=1S/C11H20S/c1-9(2)6-5-7-11(8-12)10(3)4/h5,7-10,12H,6H2,1-4H3/b7-5-,11-8+. The Morgan fingerprint density at radius 1 is 1.25 bits per heavy atom. The maximum Gasteiger partial charge on any atom is -0.0214 e. The van der Waals surface area contributed by atoms with Crippen molar-refractivity contribution in [3.8, 4) is 0 Å². The SMILES string of the molecule is CC(C)C/C=C\C(=C/S)C(C)C. The lowest BCUT2D eigenvalue weighted by atomic mass is 10.0. The normalized spacial score (nSPS) is 13.8. The minimum absolute atomic E-state index is 0.575. The van der Waals surface area contributed by atoms with Crippen LogP contribution in [0.15, 0.2) is 23.1 Å². The van der Waals surface area contributed by atoms with Crippen molar-refractivity contribution in [2.45, 2.75) is 34.1 Å². The molecule has 0 amide bonds. The molecule has 70 valence electrons. The third kappa shape index (κ3) is 5.48. The molecule has 0 saturated carbocycles. The molecule has 12 heavy (non-hydrogen) atoms. The summed E-state index contributed by atoms with van der Waals surface area (Å²) in [6.07, 6.45) is 5.56. The summed E-state index contributed by atoms with van der Waals surface area (Å²) in [5.74, 6) is 1.32. The molecule has 0 unspecified atom stereocenters. The van der Waals surface area contributed by atoms with Crippen LogP contribution in [0, 0.1) is 11.8 Å². The first-order valence-electron chi connectivity index (χ1n) is 4.58. The molecule has 0 spiro atoms. The molecule has 0 rings (SSSR count). The first-order valence-corrected chi connectivity index (χ1v) is 5.10. The highest BCUT2D eigenvalue weighted by atomic mass is 32.1. The van der Waals surface area contributed by atoms with Crippen molar-refractivity contribution in [2.75, 3.05) is 0 Å². The fraction of sp³-hybridized carbons (Fsp3) is 0.636. The fourth-order valence-electron chi connectivity index (χ4n) is 0.861. The minimum Gasteiger partial charge on any atom is -0.151 e. The molecule has 0 aliphatic heterocycles. The third-order valence-electron chi connectivity index (χ3n) is 1.73. The molecule has 0 N–H and O–H groups in total. The Balaban J connectivity index is 3.95. The molecule has 0 heterocycles. The average Bonchev–Trinajstić information content (AvgIpc) is 1.96. The fourth-order valence-corrected chi connectivity index (χ4v) is 1.25. The van der Waals surface area contributed by atoms with Crippen LogP contribution < -0.4 is 0 Å². The second-order valence-electron chi connectivity index (χ2n) is 3.82. The second-order valence-corrected chi connectivity index (χ2v) is 4.07. The lowest BCUT2D eigenvalue weighted by molar-refractivity contribution is 0.662. The zero-order valence-electron chi connectivity index (χ0n) is 8.54. The zero-order valence-corrected chi connectivity index (χ0v) is 9.44. The van der Waals surface area contributed by atoms with Crippen LogP contribution in [0.5, 0.6) is 0 Å². The van der Waals surface area contributed by atoms with Gasteiger partial charge in [0.15, 0.2) is 0 Å². The van der Waals surface area contributed by atoms with Crippen LogP contribution in [0.3, 0.4) is 0 Å². The van der Waals surface area contributed by atoms with E-state index >= 15 is 0 Å². The Labute approximate surface area is 82.2 Å². The van der Waals surface area contributed by atoms with Crippen LogP contribution in [0.1, 0.15) is 34.1 Å². The van der Waals surface area contributed by atoms with Gasteiger partial charge in [-0.3, -0.25) is 0 Å². The maximum absolute atomic E-state index is 4.17. The van der Waals surface area contributed by atoms with Crippen molar-refractivity contribution in [3.05, 3.63) is 23.1 Å². The quantitative estimate of drug-likeness (QED) is 0.494. The van der Waals surface area contributed by atoms with Gasteiger partial charge in [-0.1, -0.05) is 39.8 Å². The average molecular weight is 184 g/mol. The van der Waals surface area contributed by atoms with E-state index in [1.54, 1.807) is 0 Å². The molecule has 0 aliphatic rings. The van der Waals surface area contributed by atoms with Crippen molar-refractivity contribution in [1.82, 2.24) is 0 Å². The Morgan fingerprint density at radius 3 is 2.17 bits per heavy atom. The van der Waals surface area contributed by atoms with Gasteiger partial charge < -0.3 is 0 Å².